The molecule has 2 rings (SSSR count). The Morgan fingerprint density at radius 3 is 2.16 bits per heavy atom. The summed E-state index contributed by atoms with van der Waals surface area (Å²) in [6.07, 6.45) is -0.135. The smallest absolute Gasteiger partial charge is 0.190 e. The van der Waals surface area contributed by atoms with Gasteiger partial charge in [0.05, 0.1) is 17.0 Å². The molecule has 2 aromatic rings. The van der Waals surface area contributed by atoms with Crippen molar-refractivity contribution in [3.8, 4) is 5.75 Å². The quantitative estimate of drug-likeness (QED) is 0.874. The van der Waals surface area contributed by atoms with Gasteiger partial charge in [-0.15, -0.1) is 0 Å². The van der Waals surface area contributed by atoms with E-state index in [1.165, 1.54) is 38.1 Å². The van der Waals surface area contributed by atoms with Crippen LogP contribution in [-0.2, 0) is 26.5 Å². The second kappa shape index (κ2) is 6.29. The summed E-state index contributed by atoms with van der Waals surface area (Å²) < 4.78 is 29.2. The van der Waals surface area contributed by atoms with E-state index < -0.39 is 20.4 Å². The van der Waals surface area contributed by atoms with Gasteiger partial charge < -0.3 is 9.63 Å². The van der Waals surface area contributed by atoms with Crippen molar-refractivity contribution >= 4 is 15.6 Å². The van der Waals surface area contributed by atoms with Crippen molar-refractivity contribution in [1.29, 1.82) is 0 Å². The Labute approximate surface area is 147 Å². The summed E-state index contributed by atoms with van der Waals surface area (Å²) in [5, 5.41) is 13.2. The van der Waals surface area contributed by atoms with E-state index >= 15 is 0 Å². The van der Waals surface area contributed by atoms with Crippen LogP contribution in [0.5, 0.6) is 5.75 Å². The number of carbonyl (C=O) groups is 1. The molecular weight excluding hydrogens is 342 g/mol. The maximum absolute atomic E-state index is 12.8. The Morgan fingerprint density at radius 1 is 1.12 bits per heavy atom. The zero-order chi connectivity index (χ0) is 19.0. The van der Waals surface area contributed by atoms with Crippen LogP contribution >= 0.6 is 0 Å². The Bertz CT molecular complexity index is 871. The van der Waals surface area contributed by atoms with Gasteiger partial charge in [0.15, 0.2) is 15.6 Å². The van der Waals surface area contributed by atoms with E-state index in [1.54, 1.807) is 6.07 Å². The molecule has 0 aliphatic rings. The summed E-state index contributed by atoms with van der Waals surface area (Å²) >= 11 is 0. The molecule has 1 heterocycles. The fourth-order valence-corrected chi connectivity index (χ4v) is 3.65. The van der Waals surface area contributed by atoms with Gasteiger partial charge in [0, 0.05) is 11.5 Å². The molecule has 0 aliphatic heterocycles. The Hall–Kier alpha value is -2.15. The number of hydrogen-bond acceptors (Lipinski definition) is 6. The third-order valence-electron chi connectivity index (χ3n) is 4.13. The number of aromatic nitrogens is 1. The zero-order valence-corrected chi connectivity index (χ0v) is 15.8. The van der Waals surface area contributed by atoms with Crippen molar-refractivity contribution in [3.63, 3.8) is 0 Å². The third kappa shape index (κ3) is 3.76. The lowest BCUT2D eigenvalue weighted by Gasteiger charge is -2.23. The molecule has 0 radical (unpaired) electrons. The van der Waals surface area contributed by atoms with Crippen molar-refractivity contribution in [2.45, 2.75) is 56.1 Å². The predicted octanol–water partition coefficient (Wildman–Crippen LogP) is 3.04. The van der Waals surface area contributed by atoms with Gasteiger partial charge >= 0.3 is 0 Å². The third-order valence-corrected chi connectivity index (χ3v) is 6.59. The minimum Gasteiger partial charge on any atom is -0.508 e. The number of hydrogen-bond donors (Lipinski definition) is 1. The summed E-state index contributed by atoms with van der Waals surface area (Å²) in [5.41, 5.74) is 0.158. The highest BCUT2D eigenvalue weighted by Gasteiger charge is 2.42. The molecule has 0 saturated heterocycles. The number of nitrogens with zero attached hydrogens (tertiary/aromatic N) is 1. The molecule has 0 amide bonds. The lowest BCUT2D eigenvalue weighted by Crippen LogP contribution is -2.41. The van der Waals surface area contributed by atoms with Crippen LogP contribution in [0.1, 0.15) is 46.1 Å². The molecule has 0 bridgehead atoms. The second-order valence-corrected chi connectivity index (χ2v) is 10.0. The average Bonchev–Trinajstić information content (AvgIpc) is 2.96. The first kappa shape index (κ1) is 19.2. The molecule has 0 unspecified atom stereocenters. The summed E-state index contributed by atoms with van der Waals surface area (Å²) in [7, 11) is -3.92. The lowest BCUT2D eigenvalue weighted by molar-refractivity contribution is -0.120. The Balaban J connectivity index is 2.27. The van der Waals surface area contributed by atoms with Crippen molar-refractivity contribution in [1.82, 2.24) is 5.16 Å². The molecule has 0 spiro atoms. The van der Waals surface area contributed by atoms with E-state index in [-0.39, 0.29) is 22.5 Å². The number of phenols is 1. The Kier molecular flexibility index (Phi) is 4.83. The summed E-state index contributed by atoms with van der Waals surface area (Å²) in [5.74, 6) is 0.115. The fraction of sp³-hybridized carbons (Fsp3) is 0.444. The summed E-state index contributed by atoms with van der Waals surface area (Å²) in [4.78, 5) is 12.7. The molecule has 0 saturated carbocycles. The SMILES string of the molecule is CC(C)(C)c1cc(CC(=O)C(C)(C)S(=O)(=O)c2ccc(O)cc2)no1. The van der Waals surface area contributed by atoms with Crippen LogP contribution < -0.4 is 0 Å². The highest BCUT2D eigenvalue weighted by Crippen LogP contribution is 2.29. The average molecular weight is 365 g/mol. The minimum absolute atomic E-state index is 0.0146. The van der Waals surface area contributed by atoms with E-state index in [2.05, 4.69) is 5.16 Å². The van der Waals surface area contributed by atoms with Gasteiger partial charge in [0.1, 0.15) is 16.3 Å². The van der Waals surface area contributed by atoms with E-state index in [1.807, 2.05) is 20.8 Å². The molecule has 6 nitrogen and oxygen atoms in total. The highest BCUT2D eigenvalue weighted by atomic mass is 32.2. The minimum atomic E-state index is -3.92. The molecule has 25 heavy (non-hydrogen) atoms. The van der Waals surface area contributed by atoms with E-state index in [0.29, 0.717) is 11.5 Å². The molecule has 1 aromatic heterocycles. The van der Waals surface area contributed by atoms with Crippen molar-refractivity contribution < 1.29 is 22.8 Å². The molecule has 1 N–H and O–H groups in total. The molecule has 7 heteroatoms. The normalized spacial score (nSPS) is 13.0. The van der Waals surface area contributed by atoms with Crippen LogP contribution in [0.4, 0.5) is 0 Å². The van der Waals surface area contributed by atoms with Crippen LogP contribution in [0.15, 0.2) is 39.8 Å². The predicted molar refractivity (Wildman–Crippen MR) is 93.3 cm³/mol. The lowest BCUT2D eigenvalue weighted by atomic mass is 9.92. The first-order valence-corrected chi connectivity index (χ1v) is 9.37. The van der Waals surface area contributed by atoms with Gasteiger partial charge in [-0.3, -0.25) is 4.79 Å². The second-order valence-electron chi connectivity index (χ2n) is 7.54. The molecular formula is C18H23NO5S. The number of Topliss-reactive ketones (excluding diaryl/α,β-unsaturated/α-hetero) is 1. The first-order valence-electron chi connectivity index (χ1n) is 7.89. The van der Waals surface area contributed by atoms with Crippen LogP contribution in [0.2, 0.25) is 0 Å². The van der Waals surface area contributed by atoms with Crippen LogP contribution in [0.3, 0.4) is 0 Å². The summed E-state index contributed by atoms with van der Waals surface area (Å²) in [6.45, 7) is 8.62. The monoisotopic (exact) mass is 365 g/mol. The van der Waals surface area contributed by atoms with Crippen LogP contribution in [-0.4, -0.2) is 29.2 Å². The molecule has 0 aliphatic carbocycles. The van der Waals surface area contributed by atoms with Crippen LogP contribution in [0, 0.1) is 0 Å². The van der Waals surface area contributed by atoms with E-state index in [9.17, 15) is 18.3 Å². The number of sulfone groups is 1. The summed E-state index contributed by atoms with van der Waals surface area (Å²) in [6, 6.07) is 6.81. The fourth-order valence-electron chi connectivity index (χ4n) is 2.20. The topological polar surface area (TPSA) is 97.5 Å². The van der Waals surface area contributed by atoms with Gasteiger partial charge in [-0.05, 0) is 38.1 Å². The van der Waals surface area contributed by atoms with Gasteiger partial charge in [-0.2, -0.15) is 0 Å². The van der Waals surface area contributed by atoms with E-state index in [0.717, 1.165) is 0 Å². The number of aromatic hydroxyl groups is 1. The number of ketones is 1. The number of phenolic OH excluding ortho intramolecular Hbond substituents is 1. The van der Waals surface area contributed by atoms with Crippen molar-refractivity contribution in [2.24, 2.45) is 0 Å². The standard InChI is InChI=1S/C18H23NO5S/c1-17(2,3)16-11-12(19-24-16)10-15(21)18(4,5)25(22,23)14-8-6-13(20)7-9-14/h6-9,11,20H,10H2,1-5H3. The molecule has 0 atom stereocenters. The molecule has 0 fully saturated rings. The van der Waals surface area contributed by atoms with Gasteiger partial charge in [0.25, 0.3) is 0 Å². The number of carbonyl (C=O) groups excluding carboxylic acids is 1. The van der Waals surface area contributed by atoms with Crippen LogP contribution in [0.25, 0.3) is 0 Å². The number of rotatable bonds is 5. The largest absolute Gasteiger partial charge is 0.508 e. The van der Waals surface area contributed by atoms with Gasteiger partial charge in [-0.1, -0.05) is 25.9 Å². The maximum Gasteiger partial charge on any atom is 0.190 e. The Morgan fingerprint density at radius 2 is 1.68 bits per heavy atom. The molecule has 136 valence electrons. The maximum atomic E-state index is 12.8. The van der Waals surface area contributed by atoms with Gasteiger partial charge in [0.2, 0.25) is 0 Å². The first-order chi connectivity index (χ1) is 11.4. The molecule has 1 aromatic carbocycles. The zero-order valence-electron chi connectivity index (χ0n) is 15.0. The van der Waals surface area contributed by atoms with Gasteiger partial charge in [-0.25, -0.2) is 8.42 Å². The number of benzene rings is 1. The highest BCUT2D eigenvalue weighted by molar-refractivity contribution is 7.93. The van der Waals surface area contributed by atoms with Crippen molar-refractivity contribution in [2.75, 3.05) is 0 Å². The van der Waals surface area contributed by atoms with E-state index in [4.69, 9.17) is 4.52 Å². The van der Waals surface area contributed by atoms with Crippen molar-refractivity contribution in [3.05, 3.63) is 41.8 Å².